The topological polar surface area (TPSA) is 106 Å². The molecule has 1 aliphatic rings. The van der Waals surface area contributed by atoms with Gasteiger partial charge in [-0.1, -0.05) is 54.7 Å². The van der Waals surface area contributed by atoms with Crippen LogP contribution >= 0.6 is 11.3 Å². The van der Waals surface area contributed by atoms with Crippen LogP contribution in [0.5, 0.6) is 11.5 Å². The minimum absolute atomic E-state index is 0.0712. The maximum absolute atomic E-state index is 13.4. The fourth-order valence-electron chi connectivity index (χ4n) is 4.20. The number of amides is 1. The van der Waals surface area contributed by atoms with E-state index in [2.05, 4.69) is 4.98 Å². The number of aliphatic hydroxyl groups is 1. The molecule has 1 fully saturated rings. The van der Waals surface area contributed by atoms with Crippen LogP contribution in [-0.4, -0.2) is 40.8 Å². The van der Waals surface area contributed by atoms with Crippen molar-refractivity contribution in [3.05, 3.63) is 75.8 Å². The third-order valence-electron chi connectivity index (χ3n) is 5.85. The van der Waals surface area contributed by atoms with Crippen LogP contribution in [0.4, 0.5) is 5.13 Å². The zero-order valence-electron chi connectivity index (χ0n) is 21.1. The van der Waals surface area contributed by atoms with E-state index in [9.17, 15) is 19.5 Å². The largest absolute Gasteiger partial charge is 0.507 e. The van der Waals surface area contributed by atoms with Crippen LogP contribution in [0, 0.1) is 6.92 Å². The standard InChI is InChI=1S/C28H28N2O6S/c1-5-14-36-20-13-12-19(15-21(20)35-6-2)23-22(24(32)18-10-8-7-9-11-18)25(33)27(34)30(23)28-29-16(3)26(37-28)17(4)31/h7-13,15,23,32H,5-6,14H2,1-4H3/b24-22+. The molecule has 2 heterocycles. The normalized spacial score (nSPS) is 16.8. The Bertz CT molecular complexity index is 1380. The van der Waals surface area contributed by atoms with Gasteiger partial charge >= 0.3 is 5.91 Å². The number of aryl methyl sites for hydroxylation is 1. The average Bonchev–Trinajstić information content (AvgIpc) is 3.40. The summed E-state index contributed by atoms with van der Waals surface area (Å²) in [5.41, 5.74) is 1.33. The fraction of sp³-hybridized carbons (Fsp3) is 0.286. The number of hydrogen-bond donors (Lipinski definition) is 1. The molecule has 2 aromatic carbocycles. The van der Waals surface area contributed by atoms with E-state index in [1.807, 2.05) is 13.8 Å². The molecule has 1 aromatic heterocycles. The van der Waals surface area contributed by atoms with Crippen molar-refractivity contribution >= 4 is 39.7 Å². The number of thiazole rings is 1. The highest BCUT2D eigenvalue weighted by atomic mass is 32.1. The second-order valence-electron chi connectivity index (χ2n) is 8.49. The molecule has 0 bridgehead atoms. The molecule has 8 nitrogen and oxygen atoms in total. The summed E-state index contributed by atoms with van der Waals surface area (Å²) in [7, 11) is 0. The van der Waals surface area contributed by atoms with Gasteiger partial charge in [0.2, 0.25) is 0 Å². The van der Waals surface area contributed by atoms with E-state index in [0.717, 1.165) is 17.8 Å². The number of aliphatic hydroxyl groups excluding tert-OH is 1. The third-order valence-corrected chi connectivity index (χ3v) is 7.11. The molecular formula is C28H28N2O6S. The summed E-state index contributed by atoms with van der Waals surface area (Å²) in [5, 5.41) is 11.4. The van der Waals surface area contributed by atoms with Gasteiger partial charge in [0.1, 0.15) is 5.76 Å². The van der Waals surface area contributed by atoms with Crippen LogP contribution in [0.2, 0.25) is 0 Å². The number of aromatic nitrogens is 1. The van der Waals surface area contributed by atoms with Gasteiger partial charge in [0, 0.05) is 12.5 Å². The average molecular weight is 521 g/mol. The molecule has 3 aromatic rings. The number of Topliss-reactive ketones (excluding diaryl/α,β-unsaturated/α-hetero) is 2. The molecule has 0 spiro atoms. The van der Waals surface area contributed by atoms with Gasteiger partial charge < -0.3 is 14.6 Å². The number of carbonyl (C=O) groups is 3. The van der Waals surface area contributed by atoms with Crippen molar-refractivity contribution in [1.29, 1.82) is 0 Å². The number of anilines is 1. The van der Waals surface area contributed by atoms with E-state index in [-0.39, 0.29) is 22.2 Å². The van der Waals surface area contributed by atoms with Gasteiger partial charge in [-0.15, -0.1) is 0 Å². The maximum Gasteiger partial charge on any atom is 0.301 e. The van der Waals surface area contributed by atoms with Gasteiger partial charge in [0.25, 0.3) is 5.78 Å². The van der Waals surface area contributed by atoms with Gasteiger partial charge in [-0.2, -0.15) is 0 Å². The summed E-state index contributed by atoms with van der Waals surface area (Å²) >= 11 is 1.04. The lowest BCUT2D eigenvalue weighted by molar-refractivity contribution is -0.132. The Balaban J connectivity index is 1.94. The van der Waals surface area contributed by atoms with Crippen molar-refractivity contribution in [3.63, 3.8) is 0 Å². The summed E-state index contributed by atoms with van der Waals surface area (Å²) in [6.45, 7) is 7.83. The molecule has 1 aliphatic heterocycles. The van der Waals surface area contributed by atoms with Crippen molar-refractivity contribution in [1.82, 2.24) is 4.98 Å². The minimum atomic E-state index is -0.995. The summed E-state index contributed by atoms with van der Waals surface area (Å²) in [5.74, 6) is -1.16. The molecule has 1 amide bonds. The summed E-state index contributed by atoms with van der Waals surface area (Å²) in [4.78, 5) is 45.0. The first-order valence-electron chi connectivity index (χ1n) is 12.0. The van der Waals surface area contributed by atoms with E-state index < -0.39 is 17.7 Å². The number of ether oxygens (including phenoxy) is 2. The first-order chi connectivity index (χ1) is 17.8. The van der Waals surface area contributed by atoms with Crippen LogP contribution in [-0.2, 0) is 9.59 Å². The molecule has 1 N–H and O–H groups in total. The van der Waals surface area contributed by atoms with Crippen molar-refractivity contribution in [3.8, 4) is 11.5 Å². The van der Waals surface area contributed by atoms with Gasteiger partial charge in [0.05, 0.1) is 35.4 Å². The Kier molecular flexibility index (Phi) is 7.73. The molecule has 1 saturated heterocycles. The van der Waals surface area contributed by atoms with E-state index >= 15 is 0 Å². The van der Waals surface area contributed by atoms with Crippen LogP contribution in [0.25, 0.3) is 5.76 Å². The zero-order valence-corrected chi connectivity index (χ0v) is 21.9. The van der Waals surface area contributed by atoms with Crippen molar-refractivity contribution in [2.24, 2.45) is 0 Å². The van der Waals surface area contributed by atoms with Gasteiger partial charge in [0.15, 0.2) is 22.4 Å². The smallest absolute Gasteiger partial charge is 0.301 e. The van der Waals surface area contributed by atoms with Gasteiger partial charge in [-0.25, -0.2) is 4.98 Å². The highest BCUT2D eigenvalue weighted by Crippen LogP contribution is 2.45. The number of rotatable bonds is 9. The van der Waals surface area contributed by atoms with Crippen LogP contribution in [0.3, 0.4) is 0 Å². The molecule has 1 unspecified atom stereocenters. The lowest BCUT2D eigenvalue weighted by atomic mass is 9.95. The monoisotopic (exact) mass is 520 g/mol. The quantitative estimate of drug-likeness (QED) is 0.173. The lowest BCUT2D eigenvalue weighted by Crippen LogP contribution is -2.29. The van der Waals surface area contributed by atoms with E-state index in [4.69, 9.17) is 9.47 Å². The number of hydrogen-bond acceptors (Lipinski definition) is 8. The van der Waals surface area contributed by atoms with E-state index in [0.29, 0.717) is 46.4 Å². The van der Waals surface area contributed by atoms with Crippen molar-refractivity contribution in [2.75, 3.05) is 18.1 Å². The minimum Gasteiger partial charge on any atom is -0.507 e. The predicted molar refractivity (Wildman–Crippen MR) is 141 cm³/mol. The zero-order chi connectivity index (χ0) is 26.7. The Morgan fingerprint density at radius 2 is 1.81 bits per heavy atom. The molecule has 0 radical (unpaired) electrons. The van der Waals surface area contributed by atoms with Crippen LogP contribution < -0.4 is 14.4 Å². The summed E-state index contributed by atoms with van der Waals surface area (Å²) in [6, 6.07) is 12.8. The molecule has 192 valence electrons. The highest BCUT2D eigenvalue weighted by molar-refractivity contribution is 7.18. The van der Waals surface area contributed by atoms with Crippen molar-refractivity contribution in [2.45, 2.75) is 40.2 Å². The molecule has 37 heavy (non-hydrogen) atoms. The van der Waals surface area contributed by atoms with Crippen LogP contribution in [0.15, 0.2) is 54.1 Å². The molecule has 0 aliphatic carbocycles. The number of carbonyl (C=O) groups excluding carboxylic acids is 3. The number of nitrogens with zero attached hydrogens (tertiary/aromatic N) is 2. The first-order valence-corrected chi connectivity index (χ1v) is 12.8. The Hall–Kier alpha value is -3.98. The molecule has 0 saturated carbocycles. The SMILES string of the molecule is CCCOc1ccc(C2/C(=C(\O)c3ccccc3)C(=O)C(=O)N2c2nc(C)c(C(C)=O)s2)cc1OCC. The van der Waals surface area contributed by atoms with Gasteiger partial charge in [-0.3, -0.25) is 19.3 Å². The predicted octanol–water partition coefficient (Wildman–Crippen LogP) is 5.47. The first kappa shape index (κ1) is 26.1. The van der Waals surface area contributed by atoms with Crippen LogP contribution in [0.1, 0.15) is 59.7 Å². The highest BCUT2D eigenvalue weighted by Gasteiger charge is 2.48. The molecule has 4 rings (SSSR count). The van der Waals surface area contributed by atoms with E-state index in [1.54, 1.807) is 55.5 Å². The second kappa shape index (κ2) is 11.0. The molecular weight excluding hydrogens is 492 g/mol. The third kappa shape index (κ3) is 4.99. The second-order valence-corrected chi connectivity index (χ2v) is 9.47. The summed E-state index contributed by atoms with van der Waals surface area (Å²) in [6.07, 6.45) is 0.812. The molecule has 1 atom stereocenters. The van der Waals surface area contributed by atoms with Gasteiger partial charge in [-0.05, 0) is 38.0 Å². The maximum atomic E-state index is 13.4. The Labute approximate surface area is 219 Å². The van der Waals surface area contributed by atoms with Crippen molar-refractivity contribution < 1.29 is 29.0 Å². The Morgan fingerprint density at radius 3 is 2.43 bits per heavy atom. The summed E-state index contributed by atoms with van der Waals surface area (Å²) < 4.78 is 11.6. The fourth-order valence-corrected chi connectivity index (χ4v) is 5.19. The molecule has 9 heteroatoms. The Morgan fingerprint density at radius 1 is 1.08 bits per heavy atom. The number of ketones is 2. The van der Waals surface area contributed by atoms with E-state index in [1.165, 1.54) is 11.8 Å². The number of benzene rings is 2. The lowest BCUT2D eigenvalue weighted by Gasteiger charge is -2.24.